The van der Waals surface area contributed by atoms with Gasteiger partial charge in [-0.2, -0.15) is 0 Å². The summed E-state index contributed by atoms with van der Waals surface area (Å²) in [5, 5.41) is 10.1. The van der Waals surface area contributed by atoms with Crippen molar-refractivity contribution in [1.82, 2.24) is 0 Å². The van der Waals surface area contributed by atoms with Gasteiger partial charge in [-0.15, -0.1) is 0 Å². The van der Waals surface area contributed by atoms with Crippen LogP contribution in [0.5, 0.6) is 0 Å². The maximum atomic E-state index is 2.41. The highest BCUT2D eigenvalue weighted by Crippen LogP contribution is 2.46. The van der Waals surface area contributed by atoms with Gasteiger partial charge in [-0.1, -0.05) is 170 Å². The number of hydrogen-bond acceptors (Lipinski definition) is 0. The zero-order chi connectivity index (χ0) is 30.5. The van der Waals surface area contributed by atoms with E-state index in [1.54, 1.807) is 0 Å². The molecule has 46 heavy (non-hydrogen) atoms. The number of hydrogen-bond donors (Lipinski definition) is 0. The number of benzene rings is 9. The van der Waals surface area contributed by atoms with E-state index in [2.05, 4.69) is 182 Å². The van der Waals surface area contributed by atoms with Crippen molar-refractivity contribution >= 4 is 43.1 Å². The molecule has 0 atom stereocenters. The lowest BCUT2D eigenvalue weighted by Gasteiger charge is -2.20. The van der Waals surface area contributed by atoms with Gasteiger partial charge in [0, 0.05) is 0 Å². The Bertz CT molecular complexity index is 2560. The van der Waals surface area contributed by atoms with Gasteiger partial charge in [-0.05, 0) is 99.7 Å². The van der Waals surface area contributed by atoms with E-state index < -0.39 is 0 Å². The predicted molar refractivity (Wildman–Crippen MR) is 198 cm³/mol. The van der Waals surface area contributed by atoms with E-state index in [9.17, 15) is 0 Å². The standard InChI is InChI=1S/C46H30/c1-2-13-31(14-3-1)34-27-28-43-44(30-34)45(36-20-10-19-35(29-36)39-25-11-17-32-15-4-6-21-37(32)39)41-23-8-9-24-42(41)46(43)40-26-12-18-33-16-5-7-22-38(33)40/h1-30H. The second-order valence-electron chi connectivity index (χ2n) is 12.1. The Morgan fingerprint density at radius 3 is 1.46 bits per heavy atom. The molecule has 0 unspecified atom stereocenters. The number of fused-ring (bicyclic) bond motifs is 4. The molecule has 0 N–H and O–H groups in total. The van der Waals surface area contributed by atoms with Crippen molar-refractivity contribution in [3.05, 3.63) is 182 Å². The van der Waals surface area contributed by atoms with Crippen LogP contribution >= 0.6 is 0 Å². The summed E-state index contributed by atoms with van der Waals surface area (Å²) in [4.78, 5) is 0. The average Bonchev–Trinajstić information content (AvgIpc) is 3.13. The van der Waals surface area contributed by atoms with Gasteiger partial charge in [-0.25, -0.2) is 0 Å². The summed E-state index contributed by atoms with van der Waals surface area (Å²) in [7, 11) is 0. The minimum absolute atomic E-state index is 1.22. The van der Waals surface area contributed by atoms with Crippen LogP contribution in [0, 0.1) is 0 Å². The summed E-state index contributed by atoms with van der Waals surface area (Å²) in [5.74, 6) is 0. The van der Waals surface area contributed by atoms with Crippen molar-refractivity contribution in [2.45, 2.75) is 0 Å². The Kier molecular flexibility index (Phi) is 6.25. The van der Waals surface area contributed by atoms with Crippen LogP contribution in [0.3, 0.4) is 0 Å². The lowest BCUT2D eigenvalue weighted by molar-refractivity contribution is 1.62. The molecule has 0 heteroatoms. The first-order chi connectivity index (χ1) is 22.8. The molecule has 0 amide bonds. The van der Waals surface area contributed by atoms with Crippen molar-refractivity contribution in [3.63, 3.8) is 0 Å². The summed E-state index contributed by atoms with van der Waals surface area (Å²) in [5.41, 5.74) is 9.97. The Labute approximate surface area is 268 Å². The molecule has 214 valence electrons. The van der Waals surface area contributed by atoms with Crippen molar-refractivity contribution in [1.29, 1.82) is 0 Å². The molecule has 0 spiro atoms. The largest absolute Gasteiger partial charge is 0.0622 e. The zero-order valence-corrected chi connectivity index (χ0v) is 25.3. The van der Waals surface area contributed by atoms with Gasteiger partial charge in [0.25, 0.3) is 0 Å². The van der Waals surface area contributed by atoms with Crippen LogP contribution in [0.1, 0.15) is 0 Å². The first-order valence-electron chi connectivity index (χ1n) is 15.9. The monoisotopic (exact) mass is 582 g/mol. The van der Waals surface area contributed by atoms with E-state index in [-0.39, 0.29) is 0 Å². The number of rotatable bonds is 4. The quantitative estimate of drug-likeness (QED) is 0.181. The third-order valence-corrected chi connectivity index (χ3v) is 9.44. The summed E-state index contributed by atoms with van der Waals surface area (Å²) in [6.45, 7) is 0. The molecule has 9 rings (SSSR count). The van der Waals surface area contributed by atoms with Gasteiger partial charge in [0.15, 0.2) is 0 Å². The fourth-order valence-corrected chi connectivity index (χ4v) is 7.35. The SMILES string of the molecule is c1ccc(-c2ccc3c(-c4cccc5ccccc45)c4ccccc4c(-c4cccc(-c5cccc6ccccc56)c4)c3c2)cc1. The maximum Gasteiger partial charge on any atom is -0.00201 e. The van der Waals surface area contributed by atoms with E-state index in [0.717, 1.165) is 0 Å². The Balaban J connectivity index is 1.39. The maximum absolute atomic E-state index is 2.41. The van der Waals surface area contributed by atoms with Crippen molar-refractivity contribution in [3.8, 4) is 44.5 Å². The summed E-state index contributed by atoms with van der Waals surface area (Å²) >= 11 is 0. The fourth-order valence-electron chi connectivity index (χ4n) is 7.35. The second kappa shape index (κ2) is 10.9. The molecule has 0 aliphatic carbocycles. The summed E-state index contributed by atoms with van der Waals surface area (Å²) in [6.07, 6.45) is 0. The van der Waals surface area contributed by atoms with Crippen molar-refractivity contribution in [2.24, 2.45) is 0 Å². The van der Waals surface area contributed by atoms with Gasteiger partial charge in [0.1, 0.15) is 0 Å². The van der Waals surface area contributed by atoms with Crippen LogP contribution < -0.4 is 0 Å². The minimum atomic E-state index is 1.22. The van der Waals surface area contributed by atoms with Crippen LogP contribution in [-0.2, 0) is 0 Å². The van der Waals surface area contributed by atoms with E-state index >= 15 is 0 Å². The van der Waals surface area contributed by atoms with E-state index in [4.69, 9.17) is 0 Å². The fraction of sp³-hybridized carbons (Fsp3) is 0. The molecule has 0 nitrogen and oxygen atoms in total. The van der Waals surface area contributed by atoms with Gasteiger partial charge < -0.3 is 0 Å². The first kappa shape index (κ1) is 26.4. The molecular formula is C46H30. The van der Waals surface area contributed by atoms with Gasteiger partial charge in [-0.3, -0.25) is 0 Å². The Hall–Kier alpha value is -5.98. The Morgan fingerprint density at radius 1 is 0.217 bits per heavy atom. The smallest absolute Gasteiger partial charge is 0.00201 e. The zero-order valence-electron chi connectivity index (χ0n) is 25.3. The highest BCUT2D eigenvalue weighted by atomic mass is 14.2. The van der Waals surface area contributed by atoms with Crippen molar-refractivity contribution in [2.75, 3.05) is 0 Å². The Morgan fingerprint density at radius 2 is 0.717 bits per heavy atom. The van der Waals surface area contributed by atoms with E-state index in [1.807, 2.05) is 0 Å². The molecule has 0 bridgehead atoms. The molecule has 0 aliphatic heterocycles. The molecule has 0 heterocycles. The molecule has 9 aromatic rings. The molecule has 0 aliphatic rings. The second-order valence-corrected chi connectivity index (χ2v) is 12.1. The third kappa shape index (κ3) is 4.30. The van der Waals surface area contributed by atoms with Gasteiger partial charge in [0.2, 0.25) is 0 Å². The molecule has 9 aromatic carbocycles. The van der Waals surface area contributed by atoms with Crippen LogP contribution in [-0.4, -0.2) is 0 Å². The third-order valence-electron chi connectivity index (χ3n) is 9.44. The van der Waals surface area contributed by atoms with Gasteiger partial charge >= 0.3 is 0 Å². The lowest BCUT2D eigenvalue weighted by atomic mass is 9.83. The highest BCUT2D eigenvalue weighted by Gasteiger charge is 2.19. The lowest BCUT2D eigenvalue weighted by Crippen LogP contribution is -1.93. The molecule has 0 saturated heterocycles. The average molecular weight is 583 g/mol. The highest BCUT2D eigenvalue weighted by molar-refractivity contribution is 6.24. The normalized spacial score (nSPS) is 11.5. The molecule has 0 fully saturated rings. The van der Waals surface area contributed by atoms with E-state index in [1.165, 1.54) is 87.6 Å². The van der Waals surface area contributed by atoms with E-state index in [0.29, 0.717) is 0 Å². The molecule has 0 aromatic heterocycles. The van der Waals surface area contributed by atoms with Crippen LogP contribution in [0.4, 0.5) is 0 Å². The first-order valence-corrected chi connectivity index (χ1v) is 15.9. The van der Waals surface area contributed by atoms with Crippen LogP contribution in [0.25, 0.3) is 87.6 Å². The van der Waals surface area contributed by atoms with Crippen LogP contribution in [0.15, 0.2) is 182 Å². The minimum Gasteiger partial charge on any atom is -0.0622 e. The molecule has 0 saturated carbocycles. The molecule has 0 radical (unpaired) electrons. The topological polar surface area (TPSA) is 0 Å². The molecular weight excluding hydrogens is 553 g/mol. The van der Waals surface area contributed by atoms with Crippen molar-refractivity contribution < 1.29 is 0 Å². The predicted octanol–water partition coefficient (Wildman–Crippen LogP) is 13.0. The van der Waals surface area contributed by atoms with Crippen LogP contribution in [0.2, 0.25) is 0 Å². The van der Waals surface area contributed by atoms with Gasteiger partial charge in [0.05, 0.1) is 0 Å². The summed E-state index contributed by atoms with van der Waals surface area (Å²) in [6, 6.07) is 66.6. The summed E-state index contributed by atoms with van der Waals surface area (Å²) < 4.78 is 0.